The number of likely N-dealkylation sites (N-methyl/N-ethyl adjacent to an activating group) is 1. The first kappa shape index (κ1) is 18.8. The second-order valence-electron chi connectivity index (χ2n) is 7.15. The summed E-state index contributed by atoms with van der Waals surface area (Å²) in [6, 6.07) is 15.4. The average Bonchev–Trinajstić information content (AvgIpc) is 3.20. The van der Waals surface area contributed by atoms with Crippen molar-refractivity contribution in [2.24, 2.45) is 5.16 Å². The molecule has 1 amide bonds. The normalized spacial score (nSPS) is 19.9. The second kappa shape index (κ2) is 8.20. The van der Waals surface area contributed by atoms with Crippen molar-refractivity contribution >= 4 is 34.6 Å². The molecule has 6 nitrogen and oxygen atoms in total. The SMILES string of the molecule is CN1CCN(c2ccc(Cl)cc2NC(=O)C2=NOC(c3ccccc3)C2)CC1. The number of carbonyl (C=O) groups excluding carboxylic acids is 1. The fourth-order valence-corrected chi connectivity index (χ4v) is 3.66. The van der Waals surface area contributed by atoms with Crippen LogP contribution in [0.15, 0.2) is 53.7 Å². The van der Waals surface area contributed by atoms with Crippen LogP contribution in [0.3, 0.4) is 0 Å². The van der Waals surface area contributed by atoms with E-state index in [9.17, 15) is 4.79 Å². The summed E-state index contributed by atoms with van der Waals surface area (Å²) in [6.07, 6.45) is 0.221. The molecular weight excluding hydrogens is 376 g/mol. The monoisotopic (exact) mass is 398 g/mol. The number of rotatable bonds is 4. The van der Waals surface area contributed by atoms with Gasteiger partial charge in [0.15, 0.2) is 6.10 Å². The van der Waals surface area contributed by atoms with Gasteiger partial charge in [0, 0.05) is 37.6 Å². The van der Waals surface area contributed by atoms with Crippen LogP contribution < -0.4 is 10.2 Å². The number of amides is 1. The summed E-state index contributed by atoms with van der Waals surface area (Å²) in [6.45, 7) is 3.77. The molecule has 0 bridgehead atoms. The van der Waals surface area contributed by atoms with Gasteiger partial charge in [-0.25, -0.2) is 0 Å². The van der Waals surface area contributed by atoms with Crippen molar-refractivity contribution in [2.45, 2.75) is 12.5 Å². The first-order valence-electron chi connectivity index (χ1n) is 9.42. The lowest BCUT2D eigenvalue weighted by Gasteiger charge is -2.35. The van der Waals surface area contributed by atoms with E-state index in [2.05, 4.69) is 27.3 Å². The zero-order chi connectivity index (χ0) is 19.5. The van der Waals surface area contributed by atoms with Gasteiger partial charge < -0.3 is 20.0 Å². The summed E-state index contributed by atoms with van der Waals surface area (Å²) in [4.78, 5) is 22.8. The number of oxime groups is 1. The number of halogens is 1. The third-order valence-corrected chi connectivity index (χ3v) is 5.39. The van der Waals surface area contributed by atoms with Crippen LogP contribution in [0.1, 0.15) is 18.1 Å². The molecule has 2 aromatic rings. The van der Waals surface area contributed by atoms with Crippen molar-refractivity contribution < 1.29 is 9.63 Å². The molecule has 2 aliphatic rings. The van der Waals surface area contributed by atoms with E-state index in [0.29, 0.717) is 22.8 Å². The molecule has 2 aromatic carbocycles. The summed E-state index contributed by atoms with van der Waals surface area (Å²) >= 11 is 6.19. The Labute approximate surface area is 169 Å². The summed E-state index contributed by atoms with van der Waals surface area (Å²) in [5.74, 6) is -0.254. The van der Waals surface area contributed by atoms with Crippen LogP contribution in [0.2, 0.25) is 5.02 Å². The van der Waals surface area contributed by atoms with E-state index < -0.39 is 0 Å². The summed E-state index contributed by atoms with van der Waals surface area (Å²) in [5.41, 5.74) is 3.07. The fraction of sp³-hybridized carbons (Fsp3) is 0.333. The second-order valence-corrected chi connectivity index (χ2v) is 7.59. The van der Waals surface area contributed by atoms with Gasteiger partial charge in [0.1, 0.15) is 5.71 Å². The fourth-order valence-electron chi connectivity index (χ4n) is 3.48. The number of carbonyl (C=O) groups is 1. The maximum absolute atomic E-state index is 12.8. The summed E-state index contributed by atoms with van der Waals surface area (Å²) in [5, 5.41) is 7.58. The Morgan fingerprint density at radius 3 is 2.64 bits per heavy atom. The van der Waals surface area contributed by atoms with Crippen LogP contribution in [-0.2, 0) is 9.63 Å². The highest BCUT2D eigenvalue weighted by Crippen LogP contribution is 2.31. The average molecular weight is 399 g/mol. The van der Waals surface area contributed by atoms with E-state index in [4.69, 9.17) is 16.4 Å². The lowest BCUT2D eigenvalue weighted by atomic mass is 10.0. The highest BCUT2D eigenvalue weighted by molar-refractivity contribution is 6.43. The van der Waals surface area contributed by atoms with Crippen molar-refractivity contribution in [3.8, 4) is 0 Å². The van der Waals surface area contributed by atoms with Gasteiger partial charge >= 0.3 is 0 Å². The van der Waals surface area contributed by atoms with E-state index in [1.165, 1.54) is 0 Å². The Morgan fingerprint density at radius 1 is 1.14 bits per heavy atom. The molecular formula is C21H23ClN4O2. The molecule has 0 aromatic heterocycles. The molecule has 28 heavy (non-hydrogen) atoms. The first-order chi connectivity index (χ1) is 13.6. The number of benzene rings is 2. The summed E-state index contributed by atoms with van der Waals surface area (Å²) < 4.78 is 0. The molecule has 0 aliphatic carbocycles. The standard InChI is InChI=1S/C21H23ClN4O2/c1-25-9-11-26(12-10-25)19-8-7-16(22)13-17(19)23-21(27)18-14-20(28-24-18)15-5-3-2-4-6-15/h2-8,13,20H,9-12,14H2,1H3,(H,23,27). The number of nitrogens with zero attached hydrogens (tertiary/aromatic N) is 3. The van der Waals surface area contributed by atoms with E-state index in [0.717, 1.165) is 37.4 Å². The number of piperazine rings is 1. The molecule has 7 heteroatoms. The Bertz CT molecular complexity index is 879. The smallest absolute Gasteiger partial charge is 0.273 e. The van der Waals surface area contributed by atoms with Gasteiger partial charge in [-0.1, -0.05) is 47.1 Å². The molecule has 1 fully saturated rings. The minimum atomic E-state index is -0.254. The van der Waals surface area contributed by atoms with Gasteiger partial charge in [-0.05, 0) is 30.8 Å². The van der Waals surface area contributed by atoms with Crippen LogP contribution in [0.4, 0.5) is 11.4 Å². The van der Waals surface area contributed by atoms with Crippen LogP contribution in [0, 0.1) is 0 Å². The van der Waals surface area contributed by atoms with Gasteiger partial charge in [0.05, 0.1) is 11.4 Å². The highest BCUT2D eigenvalue weighted by atomic mass is 35.5. The molecule has 2 heterocycles. The first-order valence-corrected chi connectivity index (χ1v) is 9.80. The van der Waals surface area contributed by atoms with Gasteiger partial charge in [0.25, 0.3) is 5.91 Å². The van der Waals surface area contributed by atoms with E-state index >= 15 is 0 Å². The zero-order valence-electron chi connectivity index (χ0n) is 15.8. The molecule has 2 aliphatic heterocycles. The lowest BCUT2D eigenvalue weighted by molar-refractivity contribution is -0.110. The van der Waals surface area contributed by atoms with Crippen molar-refractivity contribution in [1.29, 1.82) is 0 Å². The minimum Gasteiger partial charge on any atom is -0.387 e. The Balaban J connectivity index is 1.47. The Morgan fingerprint density at radius 2 is 1.89 bits per heavy atom. The molecule has 0 radical (unpaired) electrons. The van der Waals surface area contributed by atoms with Crippen LogP contribution >= 0.6 is 11.6 Å². The van der Waals surface area contributed by atoms with Crippen LogP contribution in [0.25, 0.3) is 0 Å². The molecule has 1 saturated heterocycles. The molecule has 0 spiro atoms. The lowest BCUT2D eigenvalue weighted by Crippen LogP contribution is -2.44. The predicted molar refractivity (Wildman–Crippen MR) is 112 cm³/mol. The maximum Gasteiger partial charge on any atom is 0.273 e. The number of hydrogen-bond acceptors (Lipinski definition) is 5. The zero-order valence-corrected chi connectivity index (χ0v) is 16.5. The van der Waals surface area contributed by atoms with Crippen molar-refractivity contribution in [1.82, 2.24) is 4.90 Å². The quantitative estimate of drug-likeness (QED) is 0.855. The minimum absolute atomic E-state index is 0.224. The number of anilines is 2. The van der Waals surface area contributed by atoms with Crippen molar-refractivity contribution in [2.75, 3.05) is 43.4 Å². The highest BCUT2D eigenvalue weighted by Gasteiger charge is 2.28. The Hall–Kier alpha value is -2.57. The molecule has 1 atom stereocenters. The molecule has 1 unspecified atom stereocenters. The van der Waals surface area contributed by atoms with Gasteiger partial charge in [-0.2, -0.15) is 0 Å². The van der Waals surface area contributed by atoms with Crippen LogP contribution in [-0.4, -0.2) is 49.7 Å². The molecule has 1 N–H and O–H groups in total. The topological polar surface area (TPSA) is 57.2 Å². The predicted octanol–water partition coefficient (Wildman–Crippen LogP) is 3.55. The van der Waals surface area contributed by atoms with Gasteiger partial charge in [-0.3, -0.25) is 4.79 Å². The van der Waals surface area contributed by atoms with Gasteiger partial charge in [0.2, 0.25) is 0 Å². The largest absolute Gasteiger partial charge is 0.387 e. The van der Waals surface area contributed by atoms with Gasteiger partial charge in [-0.15, -0.1) is 0 Å². The van der Waals surface area contributed by atoms with Crippen LogP contribution in [0.5, 0.6) is 0 Å². The molecule has 0 saturated carbocycles. The number of nitrogens with one attached hydrogen (secondary N) is 1. The summed E-state index contributed by atoms with van der Waals surface area (Å²) in [7, 11) is 2.11. The van der Waals surface area contributed by atoms with E-state index in [-0.39, 0.29) is 12.0 Å². The Kier molecular flexibility index (Phi) is 5.50. The van der Waals surface area contributed by atoms with E-state index in [1.54, 1.807) is 6.07 Å². The molecule has 146 valence electrons. The molecule has 4 rings (SSSR count). The third-order valence-electron chi connectivity index (χ3n) is 5.15. The third kappa shape index (κ3) is 4.13. The van der Waals surface area contributed by atoms with Crippen molar-refractivity contribution in [3.05, 3.63) is 59.1 Å². The van der Waals surface area contributed by atoms with E-state index in [1.807, 2.05) is 42.5 Å². The number of hydrogen-bond donors (Lipinski definition) is 1. The van der Waals surface area contributed by atoms with Crippen molar-refractivity contribution in [3.63, 3.8) is 0 Å². The maximum atomic E-state index is 12.8.